The van der Waals surface area contributed by atoms with E-state index in [9.17, 15) is 14.4 Å². The minimum Gasteiger partial charge on any atom is -0.444 e. The van der Waals surface area contributed by atoms with E-state index < -0.39 is 5.60 Å². The van der Waals surface area contributed by atoms with E-state index in [0.717, 1.165) is 0 Å². The van der Waals surface area contributed by atoms with E-state index in [1.165, 1.54) is 6.92 Å². The number of carbonyl (C=O) groups is 3. The standard InChI is InChI=1S/C24H30N6O4/c1-13-19(22(32)25-16-8-10-30(11-9-16)23(33)34-24(3,4)5)20(29-28-13)21-26-17-7-6-15(14(2)31)12-18(17)27-21/h6-7,12,16H,8-11H2,1-5H3,(H,25,32)(H,26,27)(H,28,29). The van der Waals surface area contributed by atoms with Crippen LogP contribution in [0.5, 0.6) is 0 Å². The van der Waals surface area contributed by atoms with E-state index in [-0.39, 0.29) is 23.8 Å². The lowest BCUT2D eigenvalue weighted by atomic mass is 10.0. The molecule has 3 aromatic rings. The number of ether oxygens (including phenoxy) is 1. The topological polar surface area (TPSA) is 133 Å². The smallest absolute Gasteiger partial charge is 0.410 e. The molecule has 2 aromatic heterocycles. The lowest BCUT2D eigenvalue weighted by molar-refractivity contribution is 0.0199. The van der Waals surface area contributed by atoms with Crippen molar-refractivity contribution in [2.75, 3.05) is 13.1 Å². The van der Waals surface area contributed by atoms with Gasteiger partial charge in [0.05, 0.1) is 16.6 Å². The second kappa shape index (κ2) is 8.92. The highest BCUT2D eigenvalue weighted by Crippen LogP contribution is 2.25. The van der Waals surface area contributed by atoms with Crippen LogP contribution >= 0.6 is 0 Å². The van der Waals surface area contributed by atoms with Gasteiger partial charge in [0.2, 0.25) is 0 Å². The minimum absolute atomic E-state index is 0.0357. The molecule has 4 rings (SSSR count). The summed E-state index contributed by atoms with van der Waals surface area (Å²) in [7, 11) is 0. The van der Waals surface area contributed by atoms with Crippen molar-refractivity contribution in [2.45, 2.75) is 59.1 Å². The number of hydrogen-bond donors (Lipinski definition) is 3. The summed E-state index contributed by atoms with van der Waals surface area (Å²) in [5.41, 5.74) is 2.88. The number of imidazole rings is 1. The fourth-order valence-electron chi connectivity index (χ4n) is 4.01. The third kappa shape index (κ3) is 4.95. The molecule has 2 amide bonds. The summed E-state index contributed by atoms with van der Waals surface area (Å²) in [6.07, 6.45) is 0.939. The van der Waals surface area contributed by atoms with Gasteiger partial charge in [-0.3, -0.25) is 14.7 Å². The largest absolute Gasteiger partial charge is 0.444 e. The third-order valence-corrected chi connectivity index (χ3v) is 5.77. The number of aromatic amines is 2. The molecule has 0 saturated carbocycles. The van der Waals surface area contributed by atoms with Crippen LogP contribution in [-0.2, 0) is 4.74 Å². The first-order chi connectivity index (χ1) is 16.0. The number of hydrogen-bond acceptors (Lipinski definition) is 6. The van der Waals surface area contributed by atoms with Gasteiger partial charge in [-0.25, -0.2) is 9.78 Å². The number of ketones is 1. The summed E-state index contributed by atoms with van der Waals surface area (Å²) in [4.78, 5) is 46.6. The molecular weight excluding hydrogens is 436 g/mol. The first-order valence-electron chi connectivity index (χ1n) is 11.4. The number of carbonyl (C=O) groups excluding carboxylic acids is 3. The summed E-state index contributed by atoms with van der Waals surface area (Å²) in [6.45, 7) is 9.84. The predicted molar refractivity (Wildman–Crippen MR) is 127 cm³/mol. The van der Waals surface area contributed by atoms with Crippen LogP contribution in [0.4, 0.5) is 4.79 Å². The number of fused-ring (bicyclic) bond motifs is 1. The monoisotopic (exact) mass is 466 g/mol. The number of rotatable bonds is 4. The first kappa shape index (κ1) is 23.5. The number of aromatic nitrogens is 4. The molecule has 0 unspecified atom stereocenters. The molecule has 1 aliphatic heterocycles. The molecule has 3 heterocycles. The zero-order chi connectivity index (χ0) is 24.6. The van der Waals surface area contributed by atoms with Crippen molar-refractivity contribution in [3.05, 3.63) is 35.0 Å². The fraction of sp³-hybridized carbons (Fsp3) is 0.458. The van der Waals surface area contributed by atoms with Gasteiger partial charge in [-0.2, -0.15) is 5.10 Å². The van der Waals surface area contributed by atoms with Crippen molar-refractivity contribution < 1.29 is 19.1 Å². The minimum atomic E-state index is -0.540. The average Bonchev–Trinajstić information content (AvgIpc) is 3.35. The van der Waals surface area contributed by atoms with Crippen molar-refractivity contribution in [1.82, 2.24) is 30.4 Å². The third-order valence-electron chi connectivity index (χ3n) is 5.77. The number of benzene rings is 1. The molecule has 180 valence electrons. The van der Waals surface area contributed by atoms with Gasteiger partial charge in [0, 0.05) is 30.4 Å². The maximum Gasteiger partial charge on any atom is 0.410 e. The van der Waals surface area contributed by atoms with Crippen LogP contribution in [0.3, 0.4) is 0 Å². The zero-order valence-electron chi connectivity index (χ0n) is 20.1. The van der Waals surface area contributed by atoms with Gasteiger partial charge in [0.25, 0.3) is 5.91 Å². The number of Topliss-reactive ketones (excluding diaryl/α,β-unsaturated/α-hetero) is 1. The summed E-state index contributed by atoms with van der Waals surface area (Å²) < 4.78 is 5.44. The van der Waals surface area contributed by atoms with E-state index in [2.05, 4.69) is 25.5 Å². The number of nitrogens with zero attached hydrogens (tertiary/aromatic N) is 3. The van der Waals surface area contributed by atoms with Gasteiger partial charge in [0.15, 0.2) is 11.6 Å². The molecule has 1 aliphatic rings. The average molecular weight is 467 g/mol. The van der Waals surface area contributed by atoms with E-state index in [1.54, 1.807) is 30.0 Å². The summed E-state index contributed by atoms with van der Waals surface area (Å²) in [5, 5.41) is 10.3. The van der Waals surface area contributed by atoms with Gasteiger partial charge < -0.3 is 19.9 Å². The highest BCUT2D eigenvalue weighted by Gasteiger charge is 2.29. The van der Waals surface area contributed by atoms with Crippen LogP contribution in [0.1, 0.15) is 66.9 Å². The maximum absolute atomic E-state index is 13.2. The van der Waals surface area contributed by atoms with E-state index >= 15 is 0 Å². The van der Waals surface area contributed by atoms with Crippen LogP contribution < -0.4 is 5.32 Å². The van der Waals surface area contributed by atoms with Gasteiger partial charge >= 0.3 is 6.09 Å². The van der Waals surface area contributed by atoms with Crippen LogP contribution in [0.25, 0.3) is 22.6 Å². The molecule has 0 spiro atoms. The fourth-order valence-corrected chi connectivity index (χ4v) is 4.01. The molecule has 10 heteroatoms. The summed E-state index contributed by atoms with van der Waals surface area (Å²) in [6, 6.07) is 5.17. The second-order valence-corrected chi connectivity index (χ2v) is 9.66. The van der Waals surface area contributed by atoms with Crippen molar-refractivity contribution >= 4 is 28.8 Å². The maximum atomic E-state index is 13.2. The van der Waals surface area contributed by atoms with Crippen LogP contribution in [0.2, 0.25) is 0 Å². The second-order valence-electron chi connectivity index (χ2n) is 9.66. The Bertz CT molecular complexity index is 1240. The quantitative estimate of drug-likeness (QED) is 0.503. The lowest BCUT2D eigenvalue weighted by Crippen LogP contribution is -2.47. The molecular formula is C24H30N6O4. The van der Waals surface area contributed by atoms with Crippen molar-refractivity contribution in [3.63, 3.8) is 0 Å². The Morgan fingerprint density at radius 1 is 1.18 bits per heavy atom. The molecule has 34 heavy (non-hydrogen) atoms. The summed E-state index contributed by atoms with van der Waals surface area (Å²) >= 11 is 0. The number of likely N-dealkylation sites (tertiary alicyclic amines) is 1. The van der Waals surface area contributed by atoms with Crippen LogP contribution in [0, 0.1) is 6.92 Å². The molecule has 0 aliphatic carbocycles. The van der Waals surface area contributed by atoms with E-state index in [4.69, 9.17) is 4.74 Å². The summed E-state index contributed by atoms with van der Waals surface area (Å²) in [5.74, 6) is 0.165. The van der Waals surface area contributed by atoms with E-state index in [1.807, 2.05) is 20.8 Å². The predicted octanol–water partition coefficient (Wildman–Crippen LogP) is 3.59. The van der Waals surface area contributed by atoms with Crippen LogP contribution in [-0.4, -0.2) is 67.6 Å². The lowest BCUT2D eigenvalue weighted by Gasteiger charge is -2.33. The Morgan fingerprint density at radius 2 is 1.88 bits per heavy atom. The number of aryl methyl sites for hydroxylation is 1. The SMILES string of the molecule is CC(=O)c1ccc2nc(-c3n[nH]c(C)c3C(=O)NC3CCN(C(=O)OC(C)(C)C)CC3)[nH]c2c1. The number of H-pyrrole nitrogens is 2. The molecule has 10 nitrogen and oxygen atoms in total. The molecule has 3 N–H and O–H groups in total. The Balaban J connectivity index is 1.47. The van der Waals surface area contributed by atoms with Crippen LogP contribution in [0.15, 0.2) is 18.2 Å². The molecule has 1 saturated heterocycles. The van der Waals surface area contributed by atoms with E-state index in [0.29, 0.717) is 65.3 Å². The Hall–Kier alpha value is -3.69. The van der Waals surface area contributed by atoms with Gasteiger partial charge in [-0.1, -0.05) is 0 Å². The number of amides is 2. The normalized spacial score (nSPS) is 14.9. The Labute approximate surface area is 197 Å². The molecule has 0 bridgehead atoms. The zero-order valence-corrected chi connectivity index (χ0v) is 20.1. The highest BCUT2D eigenvalue weighted by molar-refractivity contribution is 6.01. The Morgan fingerprint density at radius 3 is 2.53 bits per heavy atom. The van der Waals surface area contributed by atoms with Gasteiger partial charge in [-0.05, 0) is 65.7 Å². The van der Waals surface area contributed by atoms with Gasteiger partial charge in [-0.15, -0.1) is 0 Å². The van der Waals surface area contributed by atoms with Crippen molar-refractivity contribution in [3.8, 4) is 11.5 Å². The molecule has 1 aromatic carbocycles. The molecule has 0 atom stereocenters. The van der Waals surface area contributed by atoms with Crippen molar-refractivity contribution in [1.29, 1.82) is 0 Å². The molecule has 0 radical (unpaired) electrons. The number of piperidine rings is 1. The number of nitrogens with one attached hydrogen (secondary N) is 3. The molecule has 1 fully saturated rings. The highest BCUT2D eigenvalue weighted by atomic mass is 16.6. The first-order valence-corrected chi connectivity index (χ1v) is 11.4. The van der Waals surface area contributed by atoms with Gasteiger partial charge in [0.1, 0.15) is 11.3 Å². The van der Waals surface area contributed by atoms with Crippen molar-refractivity contribution in [2.24, 2.45) is 0 Å². The Kier molecular flexibility index (Phi) is 6.16.